The Morgan fingerprint density at radius 3 is 2.89 bits per heavy atom. The summed E-state index contributed by atoms with van der Waals surface area (Å²) in [5, 5.41) is 8.86. The highest BCUT2D eigenvalue weighted by Gasteiger charge is 2.31. The molecule has 6 heteroatoms. The van der Waals surface area contributed by atoms with Crippen molar-refractivity contribution in [3.8, 4) is 0 Å². The summed E-state index contributed by atoms with van der Waals surface area (Å²) >= 11 is 0. The van der Waals surface area contributed by atoms with Gasteiger partial charge in [-0.25, -0.2) is 0 Å². The SMILES string of the molecule is CCc1ccc(C(=O)N2CCOCC2CC(=O)O)o1. The van der Waals surface area contributed by atoms with E-state index in [1.807, 2.05) is 6.92 Å². The van der Waals surface area contributed by atoms with E-state index in [0.717, 1.165) is 12.2 Å². The number of nitrogens with zero attached hydrogens (tertiary/aromatic N) is 1. The van der Waals surface area contributed by atoms with Crippen LogP contribution in [0.15, 0.2) is 16.5 Å². The number of carboxylic acids is 1. The number of amides is 1. The molecule has 0 saturated carbocycles. The molecule has 1 atom stereocenters. The lowest BCUT2D eigenvalue weighted by Gasteiger charge is -2.34. The molecule has 1 fully saturated rings. The van der Waals surface area contributed by atoms with E-state index in [9.17, 15) is 9.59 Å². The van der Waals surface area contributed by atoms with Crippen molar-refractivity contribution in [1.29, 1.82) is 0 Å². The molecule has 1 aromatic heterocycles. The lowest BCUT2D eigenvalue weighted by molar-refractivity contribution is -0.139. The molecule has 2 rings (SSSR count). The first-order valence-corrected chi connectivity index (χ1v) is 6.31. The number of ether oxygens (including phenoxy) is 1. The van der Waals surface area contributed by atoms with Crippen LogP contribution in [0.5, 0.6) is 0 Å². The van der Waals surface area contributed by atoms with Crippen LogP contribution < -0.4 is 0 Å². The van der Waals surface area contributed by atoms with Gasteiger partial charge in [-0.1, -0.05) is 6.92 Å². The average molecular weight is 267 g/mol. The Balaban J connectivity index is 2.12. The lowest BCUT2D eigenvalue weighted by Crippen LogP contribution is -2.49. The Kier molecular flexibility index (Phi) is 4.21. The zero-order chi connectivity index (χ0) is 13.8. The second-order valence-corrected chi connectivity index (χ2v) is 4.44. The Bertz CT molecular complexity index is 467. The van der Waals surface area contributed by atoms with E-state index in [1.165, 1.54) is 4.90 Å². The fourth-order valence-electron chi connectivity index (χ4n) is 2.12. The fourth-order valence-corrected chi connectivity index (χ4v) is 2.12. The summed E-state index contributed by atoms with van der Waals surface area (Å²) in [6.07, 6.45) is 0.599. The summed E-state index contributed by atoms with van der Waals surface area (Å²) in [5.74, 6) is -0.211. The minimum atomic E-state index is -0.943. The largest absolute Gasteiger partial charge is 0.481 e. The predicted molar refractivity (Wildman–Crippen MR) is 66.0 cm³/mol. The van der Waals surface area contributed by atoms with E-state index in [4.69, 9.17) is 14.3 Å². The van der Waals surface area contributed by atoms with Crippen LogP contribution in [0.1, 0.15) is 29.7 Å². The van der Waals surface area contributed by atoms with Gasteiger partial charge in [-0.2, -0.15) is 0 Å². The van der Waals surface area contributed by atoms with Crippen molar-refractivity contribution in [2.24, 2.45) is 0 Å². The van der Waals surface area contributed by atoms with E-state index in [-0.39, 0.29) is 24.7 Å². The molecular weight excluding hydrogens is 250 g/mol. The number of carboxylic acid groups (broad SMARTS) is 1. The maximum Gasteiger partial charge on any atom is 0.305 e. The van der Waals surface area contributed by atoms with Crippen LogP contribution in [0.3, 0.4) is 0 Å². The van der Waals surface area contributed by atoms with Gasteiger partial charge in [0.05, 0.1) is 25.7 Å². The third-order valence-corrected chi connectivity index (χ3v) is 3.12. The number of rotatable bonds is 4. The Morgan fingerprint density at radius 2 is 2.26 bits per heavy atom. The molecule has 1 saturated heterocycles. The second kappa shape index (κ2) is 5.88. The molecule has 1 unspecified atom stereocenters. The number of hydrogen-bond donors (Lipinski definition) is 1. The maximum atomic E-state index is 12.3. The van der Waals surface area contributed by atoms with Crippen LogP contribution in [0.4, 0.5) is 0 Å². The minimum absolute atomic E-state index is 0.118. The molecule has 19 heavy (non-hydrogen) atoms. The Morgan fingerprint density at radius 1 is 1.47 bits per heavy atom. The number of furan rings is 1. The molecule has 0 aromatic carbocycles. The normalized spacial score (nSPS) is 19.4. The highest BCUT2D eigenvalue weighted by molar-refractivity contribution is 5.92. The number of hydrogen-bond acceptors (Lipinski definition) is 4. The number of morpholine rings is 1. The zero-order valence-electron chi connectivity index (χ0n) is 10.8. The van der Waals surface area contributed by atoms with Gasteiger partial charge in [0.2, 0.25) is 0 Å². The lowest BCUT2D eigenvalue weighted by atomic mass is 10.1. The third kappa shape index (κ3) is 3.14. The van der Waals surface area contributed by atoms with Gasteiger partial charge in [0.1, 0.15) is 5.76 Å². The van der Waals surface area contributed by atoms with Crippen LogP contribution in [0, 0.1) is 0 Å². The molecule has 6 nitrogen and oxygen atoms in total. The molecule has 1 amide bonds. The van der Waals surface area contributed by atoms with E-state index < -0.39 is 12.0 Å². The van der Waals surface area contributed by atoms with E-state index >= 15 is 0 Å². The van der Waals surface area contributed by atoms with Gasteiger partial charge < -0.3 is 19.2 Å². The molecule has 1 aliphatic rings. The van der Waals surface area contributed by atoms with Gasteiger partial charge in [0.15, 0.2) is 5.76 Å². The van der Waals surface area contributed by atoms with Gasteiger partial charge in [-0.3, -0.25) is 9.59 Å². The van der Waals surface area contributed by atoms with Crippen LogP contribution in [0.25, 0.3) is 0 Å². The summed E-state index contributed by atoms with van der Waals surface area (Å²) in [7, 11) is 0. The van der Waals surface area contributed by atoms with Crippen molar-refractivity contribution in [3.05, 3.63) is 23.7 Å². The van der Waals surface area contributed by atoms with Crippen LogP contribution in [-0.2, 0) is 16.0 Å². The number of aryl methyl sites for hydroxylation is 1. The first kappa shape index (κ1) is 13.6. The molecule has 0 radical (unpaired) electrons. The first-order chi connectivity index (χ1) is 9.11. The van der Waals surface area contributed by atoms with Gasteiger partial charge in [0.25, 0.3) is 5.91 Å². The van der Waals surface area contributed by atoms with Crippen molar-refractivity contribution in [2.75, 3.05) is 19.8 Å². The van der Waals surface area contributed by atoms with Crippen molar-refractivity contribution >= 4 is 11.9 Å². The van der Waals surface area contributed by atoms with Gasteiger partial charge >= 0.3 is 5.97 Å². The standard InChI is InChI=1S/C13H17NO5/c1-2-10-3-4-11(19-10)13(17)14-5-6-18-8-9(14)7-12(15)16/h3-4,9H,2,5-8H2,1H3,(H,15,16). The van der Waals surface area contributed by atoms with Crippen molar-refractivity contribution in [1.82, 2.24) is 4.90 Å². The van der Waals surface area contributed by atoms with E-state index in [1.54, 1.807) is 12.1 Å². The van der Waals surface area contributed by atoms with Gasteiger partial charge in [-0.05, 0) is 12.1 Å². The van der Waals surface area contributed by atoms with Crippen LogP contribution in [-0.4, -0.2) is 47.7 Å². The molecule has 1 aromatic rings. The highest BCUT2D eigenvalue weighted by Crippen LogP contribution is 2.17. The summed E-state index contributed by atoms with van der Waals surface area (Å²) in [4.78, 5) is 24.6. The minimum Gasteiger partial charge on any atom is -0.481 e. The van der Waals surface area contributed by atoms with Gasteiger partial charge in [0, 0.05) is 13.0 Å². The summed E-state index contributed by atoms with van der Waals surface area (Å²) in [6, 6.07) is 2.96. The quantitative estimate of drug-likeness (QED) is 0.885. The molecule has 2 heterocycles. The first-order valence-electron chi connectivity index (χ1n) is 6.31. The molecule has 1 N–H and O–H groups in total. The highest BCUT2D eigenvalue weighted by atomic mass is 16.5. The molecule has 0 spiro atoms. The van der Waals surface area contributed by atoms with Crippen molar-refractivity contribution in [3.63, 3.8) is 0 Å². The number of carbonyl (C=O) groups excluding carboxylic acids is 1. The van der Waals surface area contributed by atoms with Crippen LogP contribution >= 0.6 is 0 Å². The van der Waals surface area contributed by atoms with Crippen molar-refractivity contribution in [2.45, 2.75) is 25.8 Å². The Hall–Kier alpha value is -1.82. The third-order valence-electron chi connectivity index (χ3n) is 3.12. The number of carbonyl (C=O) groups is 2. The monoisotopic (exact) mass is 267 g/mol. The Labute approximate surface area is 110 Å². The summed E-state index contributed by atoms with van der Waals surface area (Å²) in [6.45, 7) is 3.00. The molecule has 0 aliphatic carbocycles. The zero-order valence-corrected chi connectivity index (χ0v) is 10.8. The summed E-state index contributed by atoms with van der Waals surface area (Å²) in [5.41, 5.74) is 0. The predicted octanol–water partition coefficient (Wildman–Crippen LogP) is 1.16. The van der Waals surface area contributed by atoms with Crippen LogP contribution in [0.2, 0.25) is 0 Å². The van der Waals surface area contributed by atoms with E-state index in [2.05, 4.69) is 0 Å². The summed E-state index contributed by atoms with van der Waals surface area (Å²) < 4.78 is 10.7. The van der Waals surface area contributed by atoms with Crippen molar-refractivity contribution < 1.29 is 23.8 Å². The van der Waals surface area contributed by atoms with Gasteiger partial charge in [-0.15, -0.1) is 0 Å². The molecular formula is C13H17NO5. The molecule has 1 aliphatic heterocycles. The topological polar surface area (TPSA) is 80.0 Å². The smallest absolute Gasteiger partial charge is 0.305 e. The maximum absolute atomic E-state index is 12.3. The van der Waals surface area contributed by atoms with E-state index in [0.29, 0.717) is 13.2 Å². The average Bonchev–Trinajstić information content (AvgIpc) is 2.86. The molecule has 0 bridgehead atoms. The fraction of sp³-hybridized carbons (Fsp3) is 0.538. The second-order valence-electron chi connectivity index (χ2n) is 4.44. The molecule has 104 valence electrons. The number of aliphatic carboxylic acids is 1.